The van der Waals surface area contributed by atoms with E-state index in [1.54, 1.807) is 12.1 Å². The molecule has 3 nitrogen and oxygen atoms in total. The molecule has 20 heavy (non-hydrogen) atoms. The van der Waals surface area contributed by atoms with Gasteiger partial charge in [-0.15, -0.1) is 12.4 Å². The Hall–Kier alpha value is -0.290. The molecule has 0 aromatic heterocycles. The number of amides is 1. The van der Waals surface area contributed by atoms with Crippen LogP contribution in [-0.4, -0.2) is 29.9 Å². The van der Waals surface area contributed by atoms with Crippen LogP contribution in [0.2, 0.25) is 5.02 Å². The second-order valence-corrected chi connectivity index (χ2v) is 6.38. The van der Waals surface area contributed by atoms with E-state index < -0.39 is 0 Å². The Morgan fingerprint density at radius 2 is 2.05 bits per heavy atom. The number of benzene rings is 1. The van der Waals surface area contributed by atoms with Crippen molar-refractivity contribution in [2.75, 3.05) is 13.1 Å². The van der Waals surface area contributed by atoms with Crippen LogP contribution in [0, 0.1) is 5.92 Å². The molecular weight excluding hydrogens is 363 g/mol. The summed E-state index contributed by atoms with van der Waals surface area (Å²) in [5, 5.41) is 0.566. The normalized spacial score (nSPS) is 17.5. The van der Waals surface area contributed by atoms with E-state index in [2.05, 4.69) is 15.9 Å². The molecule has 1 amide bonds. The van der Waals surface area contributed by atoms with Crippen molar-refractivity contribution in [2.24, 2.45) is 11.7 Å². The van der Waals surface area contributed by atoms with E-state index >= 15 is 0 Å². The Kier molecular flexibility index (Phi) is 6.79. The molecule has 1 aliphatic heterocycles. The lowest BCUT2D eigenvalue weighted by molar-refractivity contribution is 0.0681. The number of likely N-dealkylation sites (tertiary alicyclic amines) is 1. The van der Waals surface area contributed by atoms with Crippen LogP contribution in [0.5, 0.6) is 0 Å². The molecule has 2 rings (SSSR count). The summed E-state index contributed by atoms with van der Waals surface area (Å²) >= 11 is 9.35. The molecule has 1 aliphatic rings. The molecule has 0 spiro atoms. The van der Waals surface area contributed by atoms with Crippen LogP contribution < -0.4 is 5.73 Å². The molecule has 112 valence electrons. The van der Waals surface area contributed by atoms with E-state index in [1.165, 1.54) is 0 Å². The standard InChI is InChI=1S/C14H18BrClN2O.ClH/c1-9(17)10-4-6-18(7-5-10)14(19)11-2-3-12(15)13(16)8-11;/h2-3,8-10H,4-7,17H2,1H3;1H. The lowest BCUT2D eigenvalue weighted by Crippen LogP contribution is -2.42. The molecule has 1 saturated heterocycles. The van der Waals surface area contributed by atoms with Gasteiger partial charge in [-0.05, 0) is 59.8 Å². The van der Waals surface area contributed by atoms with Gasteiger partial charge in [-0.25, -0.2) is 0 Å². The van der Waals surface area contributed by atoms with Crippen LogP contribution in [0.4, 0.5) is 0 Å². The quantitative estimate of drug-likeness (QED) is 0.848. The average molecular weight is 382 g/mol. The zero-order valence-corrected chi connectivity index (χ0v) is 14.5. The molecule has 1 unspecified atom stereocenters. The van der Waals surface area contributed by atoms with Crippen molar-refractivity contribution in [3.63, 3.8) is 0 Å². The van der Waals surface area contributed by atoms with E-state index in [0.717, 1.165) is 30.4 Å². The van der Waals surface area contributed by atoms with Crippen molar-refractivity contribution >= 4 is 45.8 Å². The van der Waals surface area contributed by atoms with Gasteiger partial charge < -0.3 is 10.6 Å². The summed E-state index contributed by atoms with van der Waals surface area (Å²) in [6.07, 6.45) is 1.96. The predicted molar refractivity (Wildman–Crippen MR) is 88.7 cm³/mol. The van der Waals surface area contributed by atoms with Gasteiger partial charge in [0.05, 0.1) is 5.02 Å². The second kappa shape index (κ2) is 7.64. The number of hydrogen-bond donors (Lipinski definition) is 1. The van der Waals surface area contributed by atoms with Gasteiger partial charge in [0, 0.05) is 29.2 Å². The summed E-state index contributed by atoms with van der Waals surface area (Å²) in [6, 6.07) is 5.53. The summed E-state index contributed by atoms with van der Waals surface area (Å²) in [6.45, 7) is 3.59. The van der Waals surface area contributed by atoms with Crippen molar-refractivity contribution in [1.82, 2.24) is 4.90 Å². The molecule has 1 aromatic carbocycles. The molecule has 6 heteroatoms. The molecule has 2 N–H and O–H groups in total. The van der Waals surface area contributed by atoms with Crippen LogP contribution in [0.1, 0.15) is 30.1 Å². The Morgan fingerprint density at radius 3 is 2.55 bits per heavy atom. The fourth-order valence-electron chi connectivity index (χ4n) is 2.44. The van der Waals surface area contributed by atoms with Crippen LogP contribution in [0.25, 0.3) is 0 Å². The highest BCUT2D eigenvalue weighted by Crippen LogP contribution is 2.25. The van der Waals surface area contributed by atoms with E-state index in [-0.39, 0.29) is 24.4 Å². The van der Waals surface area contributed by atoms with Gasteiger partial charge in [0.1, 0.15) is 0 Å². The number of nitrogens with zero attached hydrogens (tertiary/aromatic N) is 1. The summed E-state index contributed by atoms with van der Waals surface area (Å²) in [5.74, 6) is 0.579. The highest BCUT2D eigenvalue weighted by Gasteiger charge is 2.25. The molecule has 1 atom stereocenters. The molecule has 0 bridgehead atoms. The predicted octanol–water partition coefficient (Wildman–Crippen LogP) is 3.72. The van der Waals surface area contributed by atoms with Gasteiger partial charge in [-0.1, -0.05) is 11.6 Å². The van der Waals surface area contributed by atoms with Crippen LogP contribution in [-0.2, 0) is 0 Å². The molecule has 1 fully saturated rings. The molecular formula is C14H19BrCl2N2O. The fourth-order valence-corrected chi connectivity index (χ4v) is 2.87. The average Bonchev–Trinajstić information content (AvgIpc) is 2.41. The molecule has 0 radical (unpaired) electrons. The fraction of sp³-hybridized carbons (Fsp3) is 0.500. The molecule has 0 aliphatic carbocycles. The number of halogens is 3. The number of carbonyl (C=O) groups is 1. The van der Waals surface area contributed by atoms with Gasteiger partial charge in [-0.2, -0.15) is 0 Å². The van der Waals surface area contributed by atoms with Crippen LogP contribution in [0.15, 0.2) is 22.7 Å². The lowest BCUT2D eigenvalue weighted by atomic mass is 9.90. The highest BCUT2D eigenvalue weighted by molar-refractivity contribution is 9.10. The second-order valence-electron chi connectivity index (χ2n) is 5.12. The number of piperidine rings is 1. The summed E-state index contributed by atoms with van der Waals surface area (Å²) in [7, 11) is 0. The first-order valence-corrected chi connectivity index (χ1v) is 7.66. The third-order valence-electron chi connectivity index (χ3n) is 3.74. The smallest absolute Gasteiger partial charge is 0.253 e. The topological polar surface area (TPSA) is 46.3 Å². The largest absolute Gasteiger partial charge is 0.339 e. The maximum absolute atomic E-state index is 12.4. The van der Waals surface area contributed by atoms with E-state index in [9.17, 15) is 4.79 Å². The van der Waals surface area contributed by atoms with Crippen LogP contribution >= 0.6 is 39.9 Å². The Labute approximate surface area is 139 Å². The highest BCUT2D eigenvalue weighted by atomic mass is 79.9. The van der Waals surface area contributed by atoms with Crippen molar-refractivity contribution in [1.29, 1.82) is 0 Å². The number of carbonyl (C=O) groups excluding carboxylic acids is 1. The van der Waals surface area contributed by atoms with E-state index in [0.29, 0.717) is 16.5 Å². The van der Waals surface area contributed by atoms with Crippen molar-refractivity contribution in [2.45, 2.75) is 25.8 Å². The summed E-state index contributed by atoms with van der Waals surface area (Å²) in [5.41, 5.74) is 6.56. The van der Waals surface area contributed by atoms with Crippen molar-refractivity contribution < 1.29 is 4.79 Å². The number of nitrogens with two attached hydrogens (primary N) is 1. The lowest BCUT2D eigenvalue weighted by Gasteiger charge is -2.33. The Balaban J connectivity index is 0.00000200. The Morgan fingerprint density at radius 1 is 1.45 bits per heavy atom. The SMILES string of the molecule is CC(N)C1CCN(C(=O)c2ccc(Br)c(Cl)c2)CC1.Cl. The van der Waals surface area contributed by atoms with Gasteiger partial charge in [0.25, 0.3) is 5.91 Å². The zero-order chi connectivity index (χ0) is 14.0. The van der Waals surface area contributed by atoms with Crippen molar-refractivity contribution in [3.8, 4) is 0 Å². The van der Waals surface area contributed by atoms with Gasteiger partial charge in [0.2, 0.25) is 0 Å². The monoisotopic (exact) mass is 380 g/mol. The van der Waals surface area contributed by atoms with Gasteiger partial charge >= 0.3 is 0 Å². The van der Waals surface area contributed by atoms with Gasteiger partial charge in [0.15, 0.2) is 0 Å². The van der Waals surface area contributed by atoms with Crippen LogP contribution in [0.3, 0.4) is 0 Å². The molecule has 0 saturated carbocycles. The minimum absolute atomic E-state index is 0. The zero-order valence-electron chi connectivity index (χ0n) is 11.3. The maximum atomic E-state index is 12.4. The third-order valence-corrected chi connectivity index (χ3v) is 4.97. The first-order chi connectivity index (χ1) is 8.99. The Bertz CT molecular complexity index is 474. The summed E-state index contributed by atoms with van der Waals surface area (Å²) < 4.78 is 0.807. The minimum Gasteiger partial charge on any atom is -0.339 e. The maximum Gasteiger partial charge on any atom is 0.253 e. The molecule has 1 aromatic rings. The number of rotatable bonds is 2. The first-order valence-electron chi connectivity index (χ1n) is 6.49. The van der Waals surface area contributed by atoms with E-state index in [4.69, 9.17) is 17.3 Å². The summed E-state index contributed by atoms with van der Waals surface area (Å²) in [4.78, 5) is 14.2. The first kappa shape index (κ1) is 17.8. The third kappa shape index (κ3) is 4.10. The minimum atomic E-state index is 0. The van der Waals surface area contributed by atoms with E-state index in [1.807, 2.05) is 17.9 Å². The number of hydrogen-bond acceptors (Lipinski definition) is 2. The van der Waals surface area contributed by atoms with Gasteiger partial charge in [-0.3, -0.25) is 4.79 Å². The molecule has 1 heterocycles. The van der Waals surface area contributed by atoms with Crippen molar-refractivity contribution in [3.05, 3.63) is 33.3 Å².